The van der Waals surface area contributed by atoms with Crippen molar-refractivity contribution in [2.75, 3.05) is 20.3 Å². The predicted molar refractivity (Wildman–Crippen MR) is 69.3 cm³/mol. The van der Waals surface area contributed by atoms with E-state index in [2.05, 4.69) is 10.1 Å². The SMILES string of the molecule is COC(=O)C(Cl)CNC(=O)C1COc2ccccc21. The third kappa shape index (κ3) is 2.98. The van der Waals surface area contributed by atoms with Gasteiger partial charge in [0.2, 0.25) is 5.91 Å². The topological polar surface area (TPSA) is 64.6 Å². The largest absolute Gasteiger partial charge is 0.492 e. The van der Waals surface area contributed by atoms with Gasteiger partial charge >= 0.3 is 5.97 Å². The molecule has 1 aromatic rings. The summed E-state index contributed by atoms with van der Waals surface area (Å²) >= 11 is 5.76. The molecule has 1 aromatic carbocycles. The number of methoxy groups -OCH3 is 1. The zero-order valence-electron chi connectivity index (χ0n) is 10.4. The van der Waals surface area contributed by atoms with Gasteiger partial charge in [-0.15, -0.1) is 11.6 Å². The highest BCUT2D eigenvalue weighted by Crippen LogP contribution is 2.33. The molecular formula is C13H14ClNO4. The van der Waals surface area contributed by atoms with Gasteiger partial charge in [0.15, 0.2) is 0 Å². The monoisotopic (exact) mass is 283 g/mol. The molecule has 2 rings (SSSR count). The molecule has 2 unspecified atom stereocenters. The molecule has 1 heterocycles. The molecule has 0 saturated heterocycles. The fourth-order valence-electron chi connectivity index (χ4n) is 1.90. The first-order chi connectivity index (χ1) is 9.13. The highest BCUT2D eigenvalue weighted by Gasteiger charge is 2.30. The summed E-state index contributed by atoms with van der Waals surface area (Å²) < 4.78 is 9.90. The Morgan fingerprint density at radius 1 is 1.53 bits per heavy atom. The van der Waals surface area contributed by atoms with Gasteiger partial charge in [0.25, 0.3) is 0 Å². The first-order valence-electron chi connectivity index (χ1n) is 5.85. The second-order valence-electron chi connectivity index (χ2n) is 4.14. The van der Waals surface area contributed by atoms with Crippen molar-refractivity contribution < 1.29 is 19.1 Å². The lowest BCUT2D eigenvalue weighted by Gasteiger charge is -2.12. The van der Waals surface area contributed by atoms with Crippen LogP contribution in [0.4, 0.5) is 0 Å². The third-order valence-electron chi connectivity index (χ3n) is 2.93. The van der Waals surface area contributed by atoms with E-state index in [-0.39, 0.29) is 18.4 Å². The zero-order chi connectivity index (χ0) is 13.8. The van der Waals surface area contributed by atoms with Gasteiger partial charge in [0, 0.05) is 12.1 Å². The Balaban J connectivity index is 1.94. The minimum atomic E-state index is -0.883. The Labute approximate surface area is 115 Å². The maximum atomic E-state index is 12.0. The van der Waals surface area contributed by atoms with Gasteiger partial charge in [-0.3, -0.25) is 9.59 Å². The fraction of sp³-hybridized carbons (Fsp3) is 0.385. The number of carbonyl (C=O) groups excluding carboxylic acids is 2. The second-order valence-corrected chi connectivity index (χ2v) is 4.66. The molecule has 1 N–H and O–H groups in total. The first-order valence-corrected chi connectivity index (χ1v) is 6.28. The lowest BCUT2D eigenvalue weighted by molar-refractivity contribution is -0.140. The molecule has 5 nitrogen and oxygen atoms in total. The molecule has 0 saturated carbocycles. The van der Waals surface area contributed by atoms with Crippen molar-refractivity contribution in [1.29, 1.82) is 0 Å². The van der Waals surface area contributed by atoms with Crippen molar-refractivity contribution in [2.45, 2.75) is 11.3 Å². The van der Waals surface area contributed by atoms with Crippen LogP contribution in [-0.2, 0) is 14.3 Å². The number of alkyl halides is 1. The highest BCUT2D eigenvalue weighted by atomic mass is 35.5. The van der Waals surface area contributed by atoms with Crippen LogP contribution in [0.3, 0.4) is 0 Å². The molecular weight excluding hydrogens is 270 g/mol. The van der Waals surface area contributed by atoms with E-state index in [9.17, 15) is 9.59 Å². The molecule has 0 aliphatic carbocycles. The molecule has 0 spiro atoms. The van der Waals surface area contributed by atoms with Crippen LogP contribution in [0, 0.1) is 0 Å². The minimum Gasteiger partial charge on any atom is -0.492 e. The Bertz CT molecular complexity index is 491. The van der Waals surface area contributed by atoms with E-state index >= 15 is 0 Å². The summed E-state index contributed by atoms with van der Waals surface area (Å²) in [5.41, 5.74) is 0.851. The number of rotatable bonds is 4. The summed E-state index contributed by atoms with van der Waals surface area (Å²) in [5.74, 6) is -0.416. The molecule has 1 amide bonds. The smallest absolute Gasteiger partial charge is 0.325 e. The Hall–Kier alpha value is -1.75. The van der Waals surface area contributed by atoms with E-state index in [0.717, 1.165) is 11.3 Å². The van der Waals surface area contributed by atoms with E-state index in [4.69, 9.17) is 16.3 Å². The Morgan fingerprint density at radius 3 is 3.00 bits per heavy atom. The number of benzene rings is 1. The molecule has 1 aliphatic rings. The number of esters is 1. The lowest BCUT2D eigenvalue weighted by atomic mass is 10.0. The number of para-hydroxylation sites is 1. The van der Waals surface area contributed by atoms with Crippen molar-refractivity contribution in [1.82, 2.24) is 5.32 Å². The van der Waals surface area contributed by atoms with Crippen molar-refractivity contribution >= 4 is 23.5 Å². The minimum absolute atomic E-state index is 0.0335. The number of hydrogen-bond acceptors (Lipinski definition) is 4. The van der Waals surface area contributed by atoms with Crippen LogP contribution in [-0.4, -0.2) is 37.5 Å². The van der Waals surface area contributed by atoms with Crippen molar-refractivity contribution in [3.63, 3.8) is 0 Å². The summed E-state index contributed by atoms with van der Waals surface area (Å²) in [6.45, 7) is 0.335. The molecule has 0 fully saturated rings. The summed E-state index contributed by atoms with van der Waals surface area (Å²) in [5, 5.41) is 1.75. The van der Waals surface area contributed by atoms with Crippen molar-refractivity contribution in [3.8, 4) is 5.75 Å². The maximum Gasteiger partial charge on any atom is 0.325 e. The average molecular weight is 284 g/mol. The summed E-state index contributed by atoms with van der Waals surface area (Å²) in [4.78, 5) is 23.1. The van der Waals surface area contributed by atoms with Crippen LogP contribution in [0.5, 0.6) is 5.75 Å². The first kappa shape index (κ1) is 13.7. The van der Waals surface area contributed by atoms with Crippen LogP contribution in [0.15, 0.2) is 24.3 Å². The summed E-state index contributed by atoms with van der Waals surface area (Å²) in [7, 11) is 1.25. The number of fused-ring (bicyclic) bond motifs is 1. The highest BCUT2D eigenvalue weighted by molar-refractivity contribution is 6.30. The molecule has 19 heavy (non-hydrogen) atoms. The standard InChI is InChI=1S/C13H14ClNO4/c1-18-13(17)10(14)6-15-12(16)9-7-19-11-5-3-2-4-8(9)11/h2-5,9-10H,6-7H2,1H3,(H,15,16). The number of ether oxygens (including phenoxy) is 2. The lowest BCUT2D eigenvalue weighted by Crippen LogP contribution is -2.37. The number of nitrogens with one attached hydrogen (secondary N) is 1. The van der Waals surface area contributed by atoms with Gasteiger partial charge in [-0.1, -0.05) is 18.2 Å². The molecule has 0 aromatic heterocycles. The number of halogens is 1. The van der Waals surface area contributed by atoms with E-state index in [1.807, 2.05) is 24.3 Å². The predicted octanol–water partition coefficient (Wildman–Crippen LogP) is 1.06. The fourth-order valence-corrected chi connectivity index (χ4v) is 2.07. The summed E-state index contributed by atoms with van der Waals surface area (Å²) in [6.07, 6.45) is 0. The molecule has 102 valence electrons. The number of carbonyl (C=O) groups is 2. The molecule has 0 bridgehead atoms. The van der Waals surface area contributed by atoms with Gasteiger partial charge in [-0.05, 0) is 6.07 Å². The van der Waals surface area contributed by atoms with Crippen LogP contribution in [0.1, 0.15) is 11.5 Å². The van der Waals surface area contributed by atoms with Gasteiger partial charge in [0.05, 0.1) is 7.11 Å². The van der Waals surface area contributed by atoms with Crippen molar-refractivity contribution in [2.24, 2.45) is 0 Å². The van der Waals surface area contributed by atoms with E-state index < -0.39 is 11.3 Å². The van der Waals surface area contributed by atoms with Gasteiger partial charge < -0.3 is 14.8 Å². The number of hydrogen-bond donors (Lipinski definition) is 1. The van der Waals surface area contributed by atoms with Crippen LogP contribution in [0.2, 0.25) is 0 Å². The summed E-state index contributed by atoms with van der Waals surface area (Å²) in [6, 6.07) is 7.38. The Morgan fingerprint density at radius 2 is 2.26 bits per heavy atom. The maximum absolute atomic E-state index is 12.0. The van der Waals surface area contributed by atoms with Gasteiger partial charge in [-0.25, -0.2) is 0 Å². The Kier molecular flexibility index (Phi) is 4.27. The third-order valence-corrected chi connectivity index (χ3v) is 3.26. The molecule has 0 radical (unpaired) electrons. The second kappa shape index (κ2) is 5.93. The van der Waals surface area contributed by atoms with E-state index in [0.29, 0.717) is 6.61 Å². The van der Waals surface area contributed by atoms with Crippen LogP contribution < -0.4 is 10.1 Å². The molecule has 2 atom stereocenters. The van der Waals surface area contributed by atoms with E-state index in [1.54, 1.807) is 0 Å². The number of amides is 1. The van der Waals surface area contributed by atoms with E-state index in [1.165, 1.54) is 7.11 Å². The molecule has 1 aliphatic heterocycles. The normalized spacial score (nSPS) is 18.1. The quantitative estimate of drug-likeness (QED) is 0.663. The molecule has 6 heteroatoms. The zero-order valence-corrected chi connectivity index (χ0v) is 11.1. The van der Waals surface area contributed by atoms with Gasteiger partial charge in [0.1, 0.15) is 23.7 Å². The average Bonchev–Trinajstić information content (AvgIpc) is 2.87. The van der Waals surface area contributed by atoms with Crippen LogP contribution >= 0.6 is 11.6 Å². The van der Waals surface area contributed by atoms with Gasteiger partial charge in [-0.2, -0.15) is 0 Å². The van der Waals surface area contributed by atoms with Crippen molar-refractivity contribution in [3.05, 3.63) is 29.8 Å². The van der Waals surface area contributed by atoms with Crippen LogP contribution in [0.25, 0.3) is 0 Å².